The van der Waals surface area contributed by atoms with Gasteiger partial charge in [0.15, 0.2) is 4.32 Å². The summed E-state index contributed by atoms with van der Waals surface area (Å²) in [6, 6.07) is 13.4. The van der Waals surface area contributed by atoms with Gasteiger partial charge in [0.1, 0.15) is 0 Å². The van der Waals surface area contributed by atoms with E-state index in [0.29, 0.717) is 14.2 Å². The molecular weight excluding hydrogens is 358 g/mol. The maximum Gasteiger partial charge on any atom is 0.271 e. The van der Waals surface area contributed by atoms with Crippen LogP contribution in [0.3, 0.4) is 0 Å². The Labute approximate surface area is 156 Å². The number of rotatable bonds is 2. The zero-order chi connectivity index (χ0) is 17.4. The summed E-state index contributed by atoms with van der Waals surface area (Å²) in [6.07, 6.45) is 0. The number of amides is 1. The molecule has 0 atom stereocenters. The highest BCUT2D eigenvalue weighted by Gasteiger charge is 2.35. The summed E-state index contributed by atoms with van der Waals surface area (Å²) >= 11 is 12.7. The van der Waals surface area contributed by atoms with Crippen molar-refractivity contribution in [2.45, 2.75) is 20.8 Å². The molecule has 1 aliphatic rings. The number of thiocarbonyl (C=S) groups is 1. The minimum absolute atomic E-state index is 0.0688. The number of anilines is 1. The number of carbonyl (C=O) groups excluding carboxylic acids is 1. The van der Waals surface area contributed by atoms with E-state index < -0.39 is 0 Å². The topological polar surface area (TPSA) is 20.3 Å². The van der Waals surface area contributed by atoms with Gasteiger partial charge in [-0.3, -0.25) is 9.69 Å². The molecule has 1 amide bonds. The predicted molar refractivity (Wildman–Crippen MR) is 108 cm³/mol. The summed E-state index contributed by atoms with van der Waals surface area (Å²) in [4.78, 5) is 15.2. The Morgan fingerprint density at radius 3 is 2.38 bits per heavy atom. The summed E-state index contributed by atoms with van der Waals surface area (Å²) in [7, 11) is 0. The molecule has 3 rings (SSSR count). The van der Waals surface area contributed by atoms with Crippen LogP contribution in [0, 0.1) is 13.8 Å². The fraction of sp³-hybridized carbons (Fsp3) is 0.158. The number of benzene rings is 2. The van der Waals surface area contributed by atoms with E-state index in [9.17, 15) is 4.79 Å². The monoisotopic (exact) mass is 373 g/mol. The lowest BCUT2D eigenvalue weighted by Crippen LogP contribution is -2.27. The molecule has 0 aliphatic carbocycles. The third-order valence-corrected chi connectivity index (χ3v) is 5.86. The minimum Gasteiger partial charge on any atom is -0.268 e. The Hall–Kier alpha value is -1.62. The Morgan fingerprint density at radius 2 is 1.75 bits per heavy atom. The maximum absolute atomic E-state index is 12.9. The second-order valence-electron chi connectivity index (χ2n) is 5.74. The third-order valence-electron chi connectivity index (χ3n) is 4.14. The van der Waals surface area contributed by atoms with Gasteiger partial charge in [0.2, 0.25) is 0 Å². The van der Waals surface area contributed by atoms with Crippen LogP contribution >= 0.6 is 35.6 Å². The number of hydrogen-bond donors (Lipinski definition) is 0. The molecule has 2 aromatic carbocycles. The SMILES string of the molecule is C/C(=C1/SC(=S)N(c2ccc(C)c(C)c2)C1=O)c1ccc(Cl)cc1. The van der Waals surface area contributed by atoms with E-state index >= 15 is 0 Å². The lowest BCUT2D eigenvalue weighted by Gasteiger charge is -2.16. The van der Waals surface area contributed by atoms with Gasteiger partial charge in [-0.25, -0.2) is 0 Å². The van der Waals surface area contributed by atoms with Crippen molar-refractivity contribution in [3.05, 3.63) is 69.1 Å². The van der Waals surface area contributed by atoms with Gasteiger partial charge < -0.3 is 0 Å². The molecule has 0 aromatic heterocycles. The highest BCUT2D eigenvalue weighted by atomic mass is 35.5. The first kappa shape index (κ1) is 17.2. The number of allylic oxidation sites excluding steroid dienone is 1. The van der Waals surface area contributed by atoms with Crippen molar-refractivity contribution in [3.63, 3.8) is 0 Å². The molecule has 1 heterocycles. The molecule has 1 fully saturated rings. The van der Waals surface area contributed by atoms with Gasteiger partial charge in [-0.2, -0.15) is 0 Å². The maximum atomic E-state index is 12.9. The predicted octanol–water partition coefficient (Wildman–Crippen LogP) is 5.75. The average Bonchev–Trinajstić information content (AvgIpc) is 2.85. The van der Waals surface area contributed by atoms with E-state index in [2.05, 4.69) is 0 Å². The van der Waals surface area contributed by atoms with Crippen molar-refractivity contribution in [2.24, 2.45) is 0 Å². The lowest BCUT2D eigenvalue weighted by molar-refractivity contribution is -0.113. The summed E-state index contributed by atoms with van der Waals surface area (Å²) < 4.78 is 0.562. The molecule has 0 radical (unpaired) electrons. The summed E-state index contributed by atoms with van der Waals surface area (Å²) in [5, 5.41) is 0.675. The molecule has 5 heteroatoms. The van der Waals surface area contributed by atoms with Gasteiger partial charge in [-0.1, -0.05) is 53.8 Å². The third kappa shape index (κ3) is 3.14. The van der Waals surface area contributed by atoms with E-state index in [4.69, 9.17) is 23.8 Å². The molecule has 0 unspecified atom stereocenters. The minimum atomic E-state index is -0.0688. The van der Waals surface area contributed by atoms with Crippen LogP contribution in [0.4, 0.5) is 5.69 Å². The van der Waals surface area contributed by atoms with E-state index in [1.165, 1.54) is 17.3 Å². The molecule has 2 nitrogen and oxygen atoms in total. The first-order valence-electron chi connectivity index (χ1n) is 7.49. The molecule has 24 heavy (non-hydrogen) atoms. The van der Waals surface area contributed by atoms with Gasteiger partial charge in [0.05, 0.1) is 10.6 Å². The summed E-state index contributed by atoms with van der Waals surface area (Å²) in [6.45, 7) is 6.02. The summed E-state index contributed by atoms with van der Waals surface area (Å²) in [5.41, 5.74) is 5.03. The molecule has 1 aliphatic heterocycles. The van der Waals surface area contributed by atoms with Gasteiger partial charge in [0.25, 0.3) is 5.91 Å². The molecule has 0 N–H and O–H groups in total. The second-order valence-corrected chi connectivity index (χ2v) is 7.82. The average molecular weight is 374 g/mol. The molecular formula is C19H16ClNOS2. The van der Waals surface area contributed by atoms with Gasteiger partial charge in [-0.05, 0) is 67.3 Å². The normalized spacial score (nSPS) is 16.8. The van der Waals surface area contributed by atoms with E-state index in [0.717, 1.165) is 22.4 Å². The van der Waals surface area contributed by atoms with Crippen molar-refractivity contribution in [1.82, 2.24) is 0 Å². The highest BCUT2D eigenvalue weighted by molar-refractivity contribution is 8.27. The molecule has 2 aromatic rings. The van der Waals surface area contributed by atoms with Crippen LogP contribution in [0.15, 0.2) is 47.4 Å². The van der Waals surface area contributed by atoms with Gasteiger partial charge in [0, 0.05) is 5.02 Å². The number of carbonyl (C=O) groups is 1. The quantitative estimate of drug-likeness (QED) is 0.493. The second kappa shape index (κ2) is 6.71. The Morgan fingerprint density at radius 1 is 1.08 bits per heavy atom. The lowest BCUT2D eigenvalue weighted by atomic mass is 10.1. The molecule has 122 valence electrons. The molecule has 0 spiro atoms. The van der Waals surface area contributed by atoms with Crippen LogP contribution in [0.1, 0.15) is 23.6 Å². The number of thioether (sulfide) groups is 1. The Balaban J connectivity index is 2.00. The largest absolute Gasteiger partial charge is 0.271 e. The van der Waals surface area contributed by atoms with Crippen molar-refractivity contribution in [3.8, 4) is 0 Å². The number of aryl methyl sites for hydroxylation is 2. The van der Waals surface area contributed by atoms with Crippen LogP contribution in [0.25, 0.3) is 5.57 Å². The van der Waals surface area contributed by atoms with Crippen LogP contribution < -0.4 is 4.90 Å². The standard InChI is InChI=1S/C19H16ClNOS2/c1-11-4-9-16(10-12(11)2)21-18(22)17(24-19(21)23)13(3)14-5-7-15(20)8-6-14/h4-10H,1-3H3/b17-13-. The molecule has 1 saturated heterocycles. The first-order chi connectivity index (χ1) is 11.4. The molecule has 0 saturated carbocycles. The summed E-state index contributed by atoms with van der Waals surface area (Å²) in [5.74, 6) is -0.0688. The van der Waals surface area contributed by atoms with E-state index in [1.54, 1.807) is 4.90 Å². The Kier molecular flexibility index (Phi) is 4.81. The van der Waals surface area contributed by atoms with E-state index in [-0.39, 0.29) is 5.91 Å². The zero-order valence-electron chi connectivity index (χ0n) is 13.6. The first-order valence-corrected chi connectivity index (χ1v) is 9.09. The zero-order valence-corrected chi connectivity index (χ0v) is 16.0. The molecule has 0 bridgehead atoms. The van der Waals surface area contributed by atoms with Gasteiger partial charge >= 0.3 is 0 Å². The fourth-order valence-electron chi connectivity index (χ4n) is 2.52. The van der Waals surface area contributed by atoms with Crippen LogP contribution in [0.2, 0.25) is 5.02 Å². The van der Waals surface area contributed by atoms with E-state index in [1.807, 2.05) is 63.2 Å². The smallest absolute Gasteiger partial charge is 0.268 e. The van der Waals surface area contributed by atoms with Crippen molar-refractivity contribution < 1.29 is 4.79 Å². The number of hydrogen-bond acceptors (Lipinski definition) is 3. The number of halogens is 1. The fourth-order valence-corrected chi connectivity index (χ4v) is 3.98. The van der Waals surface area contributed by atoms with Crippen molar-refractivity contribution in [1.29, 1.82) is 0 Å². The van der Waals surface area contributed by atoms with Gasteiger partial charge in [-0.15, -0.1) is 0 Å². The van der Waals surface area contributed by atoms with Crippen molar-refractivity contribution in [2.75, 3.05) is 4.90 Å². The number of nitrogens with zero attached hydrogens (tertiary/aromatic N) is 1. The van der Waals surface area contributed by atoms with Crippen LogP contribution in [-0.2, 0) is 4.79 Å². The van der Waals surface area contributed by atoms with Crippen molar-refractivity contribution >= 4 is 57.1 Å². The van der Waals surface area contributed by atoms with Crippen LogP contribution in [-0.4, -0.2) is 10.2 Å². The van der Waals surface area contributed by atoms with Crippen LogP contribution in [0.5, 0.6) is 0 Å². The highest BCUT2D eigenvalue weighted by Crippen LogP contribution is 2.39. The Bertz CT molecular complexity index is 871.